The quantitative estimate of drug-likeness (QED) is 0.432. The number of rotatable bonds is 9. The molecular weight excluding hydrogens is 188 g/mol. The summed E-state index contributed by atoms with van der Waals surface area (Å²) in [5.74, 6) is 0.497. The summed E-state index contributed by atoms with van der Waals surface area (Å²) in [6.07, 6.45) is 9.45. The van der Waals surface area contributed by atoms with Crippen molar-refractivity contribution >= 4 is 12.6 Å². The molecule has 2 heteroatoms. The van der Waals surface area contributed by atoms with E-state index in [0.717, 1.165) is 31.0 Å². The molecule has 0 amide bonds. The highest BCUT2D eigenvalue weighted by atomic mass is 16.1. The molecule has 0 rings (SSSR count). The van der Waals surface area contributed by atoms with Gasteiger partial charge in [-0.1, -0.05) is 32.8 Å². The molecule has 1 unspecified atom stereocenters. The van der Waals surface area contributed by atoms with E-state index >= 15 is 0 Å². The van der Waals surface area contributed by atoms with E-state index in [2.05, 4.69) is 13.8 Å². The molecule has 0 spiro atoms. The fourth-order valence-corrected chi connectivity index (χ4v) is 1.58. The van der Waals surface area contributed by atoms with Crippen LogP contribution in [0.1, 0.15) is 52.4 Å². The van der Waals surface area contributed by atoms with Crippen LogP contribution < -0.4 is 0 Å². The van der Waals surface area contributed by atoms with Gasteiger partial charge in [0.2, 0.25) is 0 Å². The molecule has 0 aromatic heterocycles. The Morgan fingerprint density at radius 3 is 2.47 bits per heavy atom. The third-order valence-electron chi connectivity index (χ3n) is 2.60. The van der Waals surface area contributed by atoms with Crippen LogP contribution >= 0.6 is 0 Å². The Balaban J connectivity index is 4.19. The smallest absolute Gasteiger partial charge is 0.145 e. The third-order valence-corrected chi connectivity index (χ3v) is 2.60. The molecule has 15 heavy (non-hydrogen) atoms. The van der Waals surface area contributed by atoms with Crippen LogP contribution in [0.15, 0.2) is 11.6 Å². The van der Waals surface area contributed by atoms with Crippen molar-refractivity contribution in [3.05, 3.63) is 11.6 Å². The van der Waals surface area contributed by atoms with Gasteiger partial charge in [0.15, 0.2) is 0 Å². The molecule has 0 heterocycles. The lowest BCUT2D eigenvalue weighted by Gasteiger charge is -2.10. The Bertz CT molecular complexity index is 207. The lowest BCUT2D eigenvalue weighted by molar-refractivity contribution is -0.107. The summed E-state index contributed by atoms with van der Waals surface area (Å²) < 4.78 is 0. The first-order chi connectivity index (χ1) is 7.28. The molecule has 86 valence electrons. The zero-order valence-electron chi connectivity index (χ0n) is 9.87. The first-order valence-electron chi connectivity index (χ1n) is 5.87. The summed E-state index contributed by atoms with van der Waals surface area (Å²) in [5, 5.41) is 0. The van der Waals surface area contributed by atoms with Gasteiger partial charge >= 0.3 is 0 Å². The van der Waals surface area contributed by atoms with Gasteiger partial charge in [-0.25, -0.2) is 0 Å². The predicted octanol–water partition coefficient (Wildman–Crippen LogP) is 3.31. The summed E-state index contributed by atoms with van der Waals surface area (Å²) in [6, 6.07) is 0. The second kappa shape index (κ2) is 9.63. The lowest BCUT2D eigenvalue weighted by Crippen LogP contribution is -1.98. The molecule has 0 fully saturated rings. The molecule has 0 aliphatic heterocycles. The highest BCUT2D eigenvalue weighted by molar-refractivity contribution is 5.74. The molecule has 2 nitrogen and oxygen atoms in total. The Kier molecular flexibility index (Phi) is 9.04. The van der Waals surface area contributed by atoms with Crippen molar-refractivity contribution in [2.75, 3.05) is 0 Å². The Morgan fingerprint density at radius 1 is 1.27 bits per heavy atom. The number of aldehydes is 2. The average molecular weight is 210 g/mol. The number of hydrogen-bond acceptors (Lipinski definition) is 2. The summed E-state index contributed by atoms with van der Waals surface area (Å²) in [6.45, 7) is 4.31. The van der Waals surface area contributed by atoms with Crippen molar-refractivity contribution in [2.45, 2.75) is 52.4 Å². The van der Waals surface area contributed by atoms with E-state index in [9.17, 15) is 9.59 Å². The lowest BCUT2D eigenvalue weighted by atomic mass is 9.95. The maximum absolute atomic E-state index is 10.8. The van der Waals surface area contributed by atoms with Gasteiger partial charge in [-0.15, -0.1) is 0 Å². The normalized spacial score (nSPS) is 13.6. The van der Waals surface area contributed by atoms with Gasteiger partial charge in [-0.05, 0) is 30.8 Å². The summed E-state index contributed by atoms with van der Waals surface area (Å²) in [7, 11) is 0. The van der Waals surface area contributed by atoms with Crippen LogP contribution in [0, 0.1) is 5.92 Å². The monoisotopic (exact) mass is 210 g/mol. The van der Waals surface area contributed by atoms with Crippen LogP contribution in [-0.2, 0) is 9.59 Å². The Labute approximate surface area is 92.8 Å². The van der Waals surface area contributed by atoms with Crippen molar-refractivity contribution in [2.24, 2.45) is 5.92 Å². The van der Waals surface area contributed by atoms with Gasteiger partial charge in [0.05, 0.1) is 0 Å². The van der Waals surface area contributed by atoms with E-state index in [-0.39, 0.29) is 0 Å². The van der Waals surface area contributed by atoms with E-state index < -0.39 is 0 Å². The van der Waals surface area contributed by atoms with Gasteiger partial charge in [0, 0.05) is 6.42 Å². The standard InChI is InChI=1S/C13H22O2/c1-3-5-7-12(4-2)10-13(11-15)8-6-9-14/h9-12H,3-8H2,1-2H3/b13-10-. The highest BCUT2D eigenvalue weighted by Crippen LogP contribution is 2.17. The van der Waals surface area contributed by atoms with Crippen molar-refractivity contribution in [1.82, 2.24) is 0 Å². The van der Waals surface area contributed by atoms with E-state index in [0.29, 0.717) is 18.8 Å². The number of allylic oxidation sites excluding steroid dienone is 2. The fraction of sp³-hybridized carbons (Fsp3) is 0.692. The van der Waals surface area contributed by atoms with E-state index in [1.54, 1.807) is 0 Å². The molecule has 0 aliphatic rings. The van der Waals surface area contributed by atoms with Crippen LogP contribution in [0.25, 0.3) is 0 Å². The molecule has 0 N–H and O–H groups in total. The minimum atomic E-state index is 0.453. The van der Waals surface area contributed by atoms with Crippen molar-refractivity contribution in [3.63, 3.8) is 0 Å². The number of carbonyl (C=O) groups is 2. The molecule has 0 aromatic carbocycles. The van der Waals surface area contributed by atoms with Crippen molar-refractivity contribution in [3.8, 4) is 0 Å². The van der Waals surface area contributed by atoms with Crippen LogP contribution in [0.2, 0.25) is 0 Å². The van der Waals surface area contributed by atoms with Crippen LogP contribution in [0.3, 0.4) is 0 Å². The van der Waals surface area contributed by atoms with E-state index in [1.165, 1.54) is 12.8 Å². The van der Waals surface area contributed by atoms with Crippen LogP contribution in [0.5, 0.6) is 0 Å². The zero-order chi connectivity index (χ0) is 11.5. The largest absolute Gasteiger partial charge is 0.303 e. The van der Waals surface area contributed by atoms with Gasteiger partial charge in [0.25, 0.3) is 0 Å². The predicted molar refractivity (Wildman–Crippen MR) is 62.8 cm³/mol. The number of carbonyl (C=O) groups excluding carboxylic acids is 2. The Morgan fingerprint density at radius 2 is 2.00 bits per heavy atom. The first kappa shape index (κ1) is 14.1. The maximum Gasteiger partial charge on any atom is 0.145 e. The van der Waals surface area contributed by atoms with Gasteiger partial charge < -0.3 is 4.79 Å². The minimum Gasteiger partial charge on any atom is -0.303 e. The maximum atomic E-state index is 10.8. The van der Waals surface area contributed by atoms with Crippen molar-refractivity contribution in [1.29, 1.82) is 0 Å². The number of hydrogen-bond donors (Lipinski definition) is 0. The topological polar surface area (TPSA) is 34.1 Å². The molecule has 0 saturated heterocycles. The summed E-state index contributed by atoms with van der Waals surface area (Å²) in [5.41, 5.74) is 0.782. The fourth-order valence-electron chi connectivity index (χ4n) is 1.58. The average Bonchev–Trinajstić information content (AvgIpc) is 2.28. The SMILES string of the molecule is CCCCC(/C=C(\C=O)CCC=O)CC. The number of unbranched alkanes of at least 4 members (excludes halogenated alkanes) is 1. The van der Waals surface area contributed by atoms with Gasteiger partial charge in [-0.3, -0.25) is 4.79 Å². The molecule has 0 radical (unpaired) electrons. The second-order valence-corrected chi connectivity index (χ2v) is 3.88. The second-order valence-electron chi connectivity index (χ2n) is 3.88. The van der Waals surface area contributed by atoms with Crippen molar-refractivity contribution < 1.29 is 9.59 Å². The van der Waals surface area contributed by atoms with Crippen LogP contribution in [0.4, 0.5) is 0 Å². The Hall–Kier alpha value is -0.920. The molecule has 0 aliphatic carbocycles. The first-order valence-corrected chi connectivity index (χ1v) is 5.87. The highest BCUT2D eigenvalue weighted by Gasteiger charge is 2.04. The summed E-state index contributed by atoms with van der Waals surface area (Å²) >= 11 is 0. The van der Waals surface area contributed by atoms with E-state index in [4.69, 9.17) is 0 Å². The van der Waals surface area contributed by atoms with Gasteiger partial charge in [0.1, 0.15) is 12.6 Å². The molecular formula is C13H22O2. The van der Waals surface area contributed by atoms with Crippen LogP contribution in [-0.4, -0.2) is 12.6 Å². The molecule has 1 atom stereocenters. The third kappa shape index (κ3) is 7.06. The molecule has 0 bridgehead atoms. The molecule has 0 aromatic rings. The minimum absolute atomic E-state index is 0.453. The zero-order valence-corrected chi connectivity index (χ0v) is 9.87. The molecule has 0 saturated carbocycles. The van der Waals surface area contributed by atoms with E-state index in [1.807, 2.05) is 6.08 Å². The van der Waals surface area contributed by atoms with Gasteiger partial charge in [-0.2, -0.15) is 0 Å². The summed E-state index contributed by atoms with van der Waals surface area (Å²) in [4.78, 5) is 21.0.